The Labute approximate surface area is 145 Å². The molecule has 0 spiro atoms. The Morgan fingerprint density at radius 3 is 2.52 bits per heavy atom. The lowest BCUT2D eigenvalue weighted by Gasteiger charge is -2.03. The fraction of sp³-hybridized carbons (Fsp3) is 0.200. The van der Waals surface area contributed by atoms with Crippen molar-refractivity contribution in [2.45, 2.75) is 17.6 Å². The highest BCUT2D eigenvalue weighted by Gasteiger charge is 2.38. The average molecular weight is 387 g/mol. The Bertz CT molecular complexity index is 970. The van der Waals surface area contributed by atoms with Gasteiger partial charge in [0.25, 0.3) is 0 Å². The number of hydrogen-bond acceptors (Lipinski definition) is 6. The van der Waals surface area contributed by atoms with E-state index >= 15 is 0 Å². The van der Waals surface area contributed by atoms with Crippen LogP contribution in [0, 0.1) is 0 Å². The zero-order chi connectivity index (χ0) is 18.1. The van der Waals surface area contributed by atoms with E-state index in [1.807, 2.05) is 5.38 Å². The third-order valence-corrected chi connectivity index (χ3v) is 5.89. The third-order valence-electron chi connectivity index (χ3n) is 3.31. The van der Waals surface area contributed by atoms with Crippen LogP contribution in [0.3, 0.4) is 0 Å². The molecule has 2 aromatic heterocycles. The number of benzene rings is 1. The van der Waals surface area contributed by atoms with Gasteiger partial charge >= 0.3 is 12.1 Å². The molecular formula is C15H12F3N3O2S2. The molecule has 1 atom stereocenters. The van der Waals surface area contributed by atoms with Gasteiger partial charge in [0, 0.05) is 17.2 Å². The Balaban J connectivity index is 1.77. The second-order valence-electron chi connectivity index (χ2n) is 5.17. The number of nitrogens with zero attached hydrogens (tertiary/aromatic N) is 3. The van der Waals surface area contributed by atoms with E-state index in [1.54, 1.807) is 42.0 Å². The fourth-order valence-corrected chi connectivity index (χ4v) is 4.30. The first-order valence-corrected chi connectivity index (χ1v) is 9.83. The molecule has 0 N–H and O–H groups in total. The molecule has 5 nitrogen and oxygen atoms in total. The van der Waals surface area contributed by atoms with Crippen molar-refractivity contribution in [3.8, 4) is 11.4 Å². The monoisotopic (exact) mass is 387 g/mol. The Hall–Kier alpha value is -2.20. The molecular weight excluding hydrogens is 375 g/mol. The maximum absolute atomic E-state index is 12.5. The van der Waals surface area contributed by atoms with Crippen LogP contribution < -0.4 is 0 Å². The predicted octanol–water partition coefficient (Wildman–Crippen LogP) is 4.47. The molecule has 0 saturated heterocycles. The lowest BCUT2D eigenvalue weighted by atomic mass is 10.1. The molecule has 3 rings (SSSR count). The summed E-state index contributed by atoms with van der Waals surface area (Å²) < 4.78 is 58.4. The van der Waals surface area contributed by atoms with Crippen LogP contribution in [-0.2, 0) is 22.5 Å². The van der Waals surface area contributed by atoms with Crippen molar-refractivity contribution in [2.24, 2.45) is 4.36 Å². The van der Waals surface area contributed by atoms with Gasteiger partial charge in [0.05, 0.1) is 21.2 Å². The van der Waals surface area contributed by atoms with Crippen molar-refractivity contribution in [3.63, 3.8) is 0 Å². The molecule has 132 valence electrons. The minimum atomic E-state index is -4.67. The molecule has 2 heterocycles. The highest BCUT2D eigenvalue weighted by atomic mass is 32.2. The van der Waals surface area contributed by atoms with Crippen LogP contribution in [0.4, 0.5) is 13.2 Å². The smallest absolute Gasteiger partial charge is 0.329 e. The molecule has 0 aliphatic heterocycles. The van der Waals surface area contributed by atoms with Crippen molar-refractivity contribution < 1.29 is 21.9 Å². The van der Waals surface area contributed by atoms with Crippen LogP contribution in [-0.4, -0.2) is 20.6 Å². The summed E-state index contributed by atoms with van der Waals surface area (Å²) in [6, 6.07) is 8.25. The zero-order valence-corrected chi connectivity index (χ0v) is 14.5. The van der Waals surface area contributed by atoms with Gasteiger partial charge in [0.1, 0.15) is 0 Å². The normalized spacial score (nSPS) is 14.2. The molecule has 25 heavy (non-hydrogen) atoms. The molecule has 0 fully saturated rings. The van der Waals surface area contributed by atoms with E-state index in [1.165, 1.54) is 11.3 Å². The van der Waals surface area contributed by atoms with Crippen molar-refractivity contribution in [2.75, 3.05) is 6.26 Å². The van der Waals surface area contributed by atoms with Gasteiger partial charge in [-0.15, -0.1) is 0 Å². The van der Waals surface area contributed by atoms with Gasteiger partial charge in [-0.25, -0.2) is 8.57 Å². The highest BCUT2D eigenvalue weighted by Crippen LogP contribution is 2.29. The molecule has 1 unspecified atom stereocenters. The highest BCUT2D eigenvalue weighted by molar-refractivity contribution is 7.93. The van der Waals surface area contributed by atoms with Crippen molar-refractivity contribution in [3.05, 3.63) is 52.5 Å². The Morgan fingerprint density at radius 2 is 1.96 bits per heavy atom. The van der Waals surface area contributed by atoms with E-state index in [2.05, 4.69) is 19.0 Å². The summed E-state index contributed by atoms with van der Waals surface area (Å²) in [5, 5.41) is 6.96. The molecule has 0 bridgehead atoms. The summed E-state index contributed by atoms with van der Waals surface area (Å²) in [4.78, 5) is 4.01. The lowest BCUT2D eigenvalue weighted by Crippen LogP contribution is -2.04. The number of alkyl halides is 3. The maximum atomic E-state index is 12.5. The van der Waals surface area contributed by atoms with E-state index in [-0.39, 0.29) is 12.4 Å². The topological polar surface area (TPSA) is 68.3 Å². The van der Waals surface area contributed by atoms with Gasteiger partial charge in [-0.3, -0.25) is 0 Å². The van der Waals surface area contributed by atoms with Crippen LogP contribution in [0.25, 0.3) is 11.4 Å². The largest absolute Gasteiger partial charge is 0.471 e. The van der Waals surface area contributed by atoms with Crippen molar-refractivity contribution in [1.29, 1.82) is 0 Å². The number of hydrogen-bond donors (Lipinski definition) is 0. The van der Waals surface area contributed by atoms with Crippen LogP contribution in [0.15, 0.2) is 54.9 Å². The lowest BCUT2D eigenvalue weighted by molar-refractivity contribution is -0.159. The van der Waals surface area contributed by atoms with Gasteiger partial charge in [0.15, 0.2) is 0 Å². The van der Waals surface area contributed by atoms with Gasteiger partial charge in [0.2, 0.25) is 5.82 Å². The number of rotatable bonds is 4. The maximum Gasteiger partial charge on any atom is 0.471 e. The fourth-order valence-electron chi connectivity index (χ4n) is 1.95. The minimum absolute atomic E-state index is 0.145. The van der Waals surface area contributed by atoms with Crippen LogP contribution >= 0.6 is 11.3 Å². The number of aromatic nitrogens is 2. The van der Waals surface area contributed by atoms with Gasteiger partial charge in [-0.05, 0) is 17.0 Å². The second kappa shape index (κ2) is 6.60. The molecule has 10 heteroatoms. The molecule has 0 saturated carbocycles. The van der Waals surface area contributed by atoms with Gasteiger partial charge in [-0.1, -0.05) is 29.4 Å². The first kappa shape index (κ1) is 17.6. The van der Waals surface area contributed by atoms with Crippen LogP contribution in [0.1, 0.15) is 11.5 Å². The molecule has 0 radical (unpaired) electrons. The first-order valence-electron chi connectivity index (χ1n) is 6.96. The number of thiophene rings is 1. The van der Waals surface area contributed by atoms with Crippen LogP contribution in [0.2, 0.25) is 0 Å². The summed E-state index contributed by atoms with van der Waals surface area (Å²) in [5.41, 5.74) is 1.16. The summed E-state index contributed by atoms with van der Waals surface area (Å²) >= 11 is 1.45. The van der Waals surface area contributed by atoms with E-state index < -0.39 is 21.8 Å². The summed E-state index contributed by atoms with van der Waals surface area (Å²) in [6.07, 6.45) is -3.10. The van der Waals surface area contributed by atoms with E-state index in [0.29, 0.717) is 10.5 Å². The van der Waals surface area contributed by atoms with Gasteiger partial charge < -0.3 is 4.52 Å². The third kappa shape index (κ3) is 4.07. The van der Waals surface area contributed by atoms with E-state index in [4.69, 9.17) is 0 Å². The Morgan fingerprint density at radius 1 is 1.24 bits per heavy atom. The average Bonchev–Trinajstić information content (AvgIpc) is 3.24. The summed E-state index contributed by atoms with van der Waals surface area (Å²) in [6.45, 7) is 0.228. The van der Waals surface area contributed by atoms with E-state index in [0.717, 1.165) is 5.56 Å². The quantitative estimate of drug-likeness (QED) is 0.662. The molecule has 3 aromatic rings. The SMILES string of the molecule is CS(=O)(=NCc1ccc(-c2noc(C(F)(F)F)n2)cc1)c1ccsc1. The van der Waals surface area contributed by atoms with Crippen LogP contribution in [0.5, 0.6) is 0 Å². The molecule has 1 aromatic carbocycles. The standard InChI is InChI=1S/C15H12F3N3O2S2/c1-25(22,12-6-7-24-9-12)19-8-10-2-4-11(5-3-10)13-20-14(23-21-13)15(16,17)18/h2-7,9H,8H2,1H3. The zero-order valence-electron chi connectivity index (χ0n) is 12.9. The molecule has 0 amide bonds. The Kier molecular flexibility index (Phi) is 4.65. The predicted molar refractivity (Wildman–Crippen MR) is 87.5 cm³/mol. The molecule has 0 aliphatic carbocycles. The number of halogens is 3. The van der Waals surface area contributed by atoms with E-state index in [9.17, 15) is 17.4 Å². The van der Waals surface area contributed by atoms with Crippen molar-refractivity contribution in [1.82, 2.24) is 10.1 Å². The summed E-state index contributed by atoms with van der Waals surface area (Å²) in [5.74, 6) is -1.53. The minimum Gasteiger partial charge on any atom is -0.329 e. The van der Waals surface area contributed by atoms with Crippen molar-refractivity contribution >= 4 is 21.1 Å². The summed E-state index contributed by atoms with van der Waals surface area (Å²) in [7, 11) is -2.47. The van der Waals surface area contributed by atoms with Gasteiger partial charge in [-0.2, -0.15) is 29.5 Å². The first-order chi connectivity index (χ1) is 11.8. The second-order valence-corrected chi connectivity index (χ2v) is 8.28. The molecule has 0 aliphatic rings.